The van der Waals surface area contributed by atoms with Crippen molar-refractivity contribution in [2.45, 2.75) is 90.0 Å². The second-order valence-corrected chi connectivity index (χ2v) is 9.87. The van der Waals surface area contributed by atoms with E-state index in [2.05, 4.69) is 17.1 Å². The van der Waals surface area contributed by atoms with Gasteiger partial charge in [-0.25, -0.2) is 5.73 Å². The minimum Gasteiger partial charge on any atom is -0.334 e. The summed E-state index contributed by atoms with van der Waals surface area (Å²) in [6.07, 6.45) is 14.1. The Morgan fingerprint density at radius 3 is 2.18 bits per heavy atom. The van der Waals surface area contributed by atoms with Crippen LogP contribution in [0, 0.1) is 0 Å². The number of benzene rings is 2. The van der Waals surface area contributed by atoms with Crippen molar-refractivity contribution >= 4 is 23.2 Å². The maximum absolute atomic E-state index is 8.49. The van der Waals surface area contributed by atoms with Gasteiger partial charge in [0.25, 0.3) is 5.89 Å². The lowest BCUT2D eigenvalue weighted by Crippen LogP contribution is -2.01. The van der Waals surface area contributed by atoms with Crippen LogP contribution in [0.15, 0.2) is 47.0 Å². The predicted molar refractivity (Wildman–Crippen MR) is 141 cm³/mol. The van der Waals surface area contributed by atoms with Gasteiger partial charge in [-0.05, 0) is 54.7 Å². The molecule has 0 aliphatic heterocycles. The molecule has 0 saturated heterocycles. The number of nitrogens with zero attached hydrogens (tertiary/aromatic N) is 2. The number of aromatic nitrogens is 2. The molecule has 1 unspecified atom stereocenters. The first-order chi connectivity index (χ1) is 16.6. The molecule has 0 fully saturated rings. The minimum atomic E-state index is -0.312. The van der Waals surface area contributed by atoms with Crippen molar-refractivity contribution in [2.75, 3.05) is 0 Å². The van der Waals surface area contributed by atoms with Gasteiger partial charge < -0.3 is 4.52 Å². The van der Waals surface area contributed by atoms with E-state index in [0.29, 0.717) is 22.4 Å². The molecule has 1 radical (unpaired) electrons. The van der Waals surface area contributed by atoms with Crippen molar-refractivity contribution in [1.29, 1.82) is 0 Å². The number of unbranched alkanes of at least 4 members (excludes halogenated alkanes) is 8. The Morgan fingerprint density at radius 1 is 0.824 bits per heavy atom. The Kier molecular flexibility index (Phi) is 11.4. The third kappa shape index (κ3) is 8.72. The SMILES string of the molecule is CCCCCCCCCCCc1noc(-c2ccc(C([NH])CCc3ccc(Cl)c(Cl)c3)cc2)n1. The zero-order valence-electron chi connectivity index (χ0n) is 20.2. The van der Waals surface area contributed by atoms with E-state index in [-0.39, 0.29) is 6.04 Å². The van der Waals surface area contributed by atoms with Gasteiger partial charge in [0.15, 0.2) is 5.82 Å². The number of rotatable bonds is 15. The normalized spacial score (nSPS) is 12.2. The van der Waals surface area contributed by atoms with Gasteiger partial charge in [-0.15, -0.1) is 0 Å². The highest BCUT2D eigenvalue weighted by atomic mass is 35.5. The summed E-state index contributed by atoms with van der Waals surface area (Å²) in [5.41, 5.74) is 11.4. The maximum atomic E-state index is 8.49. The highest BCUT2D eigenvalue weighted by Crippen LogP contribution is 2.26. The van der Waals surface area contributed by atoms with E-state index in [1.807, 2.05) is 36.4 Å². The van der Waals surface area contributed by atoms with E-state index in [4.69, 9.17) is 33.5 Å². The van der Waals surface area contributed by atoms with Gasteiger partial charge in [0, 0.05) is 18.0 Å². The molecular weight excluding hydrogens is 465 g/mol. The average Bonchev–Trinajstić information content (AvgIpc) is 3.32. The molecule has 0 saturated carbocycles. The molecule has 1 heterocycles. The fourth-order valence-electron chi connectivity index (χ4n) is 4.10. The molecule has 6 heteroatoms. The zero-order valence-corrected chi connectivity index (χ0v) is 21.7. The molecule has 0 aliphatic rings. The van der Waals surface area contributed by atoms with Crippen LogP contribution >= 0.6 is 23.2 Å². The van der Waals surface area contributed by atoms with Crippen LogP contribution in [0.2, 0.25) is 10.0 Å². The Balaban J connectivity index is 1.40. The summed E-state index contributed by atoms with van der Waals surface area (Å²) in [7, 11) is 0. The van der Waals surface area contributed by atoms with Crippen LogP contribution < -0.4 is 5.73 Å². The number of halogens is 2. The Morgan fingerprint density at radius 2 is 1.50 bits per heavy atom. The van der Waals surface area contributed by atoms with E-state index in [0.717, 1.165) is 41.8 Å². The summed E-state index contributed by atoms with van der Waals surface area (Å²) in [5.74, 6) is 1.33. The average molecular weight is 502 g/mol. The first kappa shape index (κ1) is 26.7. The van der Waals surface area contributed by atoms with E-state index in [1.165, 1.54) is 51.4 Å². The third-order valence-electron chi connectivity index (χ3n) is 6.24. The van der Waals surface area contributed by atoms with Crippen LogP contribution in [0.5, 0.6) is 0 Å². The molecule has 34 heavy (non-hydrogen) atoms. The van der Waals surface area contributed by atoms with Crippen LogP contribution in [0.3, 0.4) is 0 Å². The Bertz CT molecular complexity index is 988. The molecule has 4 nitrogen and oxygen atoms in total. The molecule has 3 aromatic rings. The van der Waals surface area contributed by atoms with Crippen LogP contribution in [-0.4, -0.2) is 10.1 Å². The maximum Gasteiger partial charge on any atom is 0.257 e. The summed E-state index contributed by atoms with van der Waals surface area (Å²) in [5, 5.41) is 5.26. The molecule has 0 aliphatic carbocycles. The molecule has 3 rings (SSSR count). The summed E-state index contributed by atoms with van der Waals surface area (Å²) < 4.78 is 5.48. The highest BCUT2D eigenvalue weighted by molar-refractivity contribution is 6.42. The van der Waals surface area contributed by atoms with Crippen molar-refractivity contribution in [1.82, 2.24) is 15.9 Å². The third-order valence-corrected chi connectivity index (χ3v) is 6.98. The molecule has 1 N–H and O–H groups in total. The van der Waals surface area contributed by atoms with Crippen molar-refractivity contribution < 1.29 is 4.52 Å². The molecule has 0 bridgehead atoms. The second-order valence-electron chi connectivity index (χ2n) is 9.06. The zero-order chi connectivity index (χ0) is 24.2. The van der Waals surface area contributed by atoms with E-state index in [9.17, 15) is 0 Å². The molecule has 1 aromatic heterocycles. The van der Waals surface area contributed by atoms with Gasteiger partial charge in [-0.3, -0.25) is 0 Å². The fourth-order valence-corrected chi connectivity index (χ4v) is 4.42. The van der Waals surface area contributed by atoms with Crippen molar-refractivity contribution in [2.24, 2.45) is 0 Å². The second kappa shape index (κ2) is 14.5. The molecule has 1 atom stereocenters. The molecule has 2 aromatic carbocycles. The summed E-state index contributed by atoms with van der Waals surface area (Å²) >= 11 is 12.1. The van der Waals surface area contributed by atoms with Gasteiger partial charge in [0.2, 0.25) is 0 Å². The van der Waals surface area contributed by atoms with Crippen molar-refractivity contribution in [3.8, 4) is 11.5 Å². The molecule has 183 valence electrons. The van der Waals surface area contributed by atoms with E-state index >= 15 is 0 Å². The van der Waals surface area contributed by atoms with Gasteiger partial charge in [0.05, 0.1) is 10.0 Å². The molecule has 0 amide bonds. The van der Waals surface area contributed by atoms with Crippen LogP contribution in [0.25, 0.3) is 11.5 Å². The predicted octanol–water partition coefficient (Wildman–Crippen LogP) is 9.07. The summed E-state index contributed by atoms with van der Waals surface area (Å²) in [4.78, 5) is 4.57. The molecular formula is C28H36Cl2N3O. The largest absolute Gasteiger partial charge is 0.334 e. The van der Waals surface area contributed by atoms with Gasteiger partial charge >= 0.3 is 0 Å². The monoisotopic (exact) mass is 500 g/mol. The fraction of sp³-hybridized carbons (Fsp3) is 0.500. The highest BCUT2D eigenvalue weighted by Gasteiger charge is 2.12. The minimum absolute atomic E-state index is 0.312. The topological polar surface area (TPSA) is 62.7 Å². The van der Waals surface area contributed by atoms with Crippen LogP contribution in [0.4, 0.5) is 0 Å². The first-order valence-corrected chi connectivity index (χ1v) is 13.4. The lowest BCUT2D eigenvalue weighted by Gasteiger charge is -2.11. The van der Waals surface area contributed by atoms with Crippen LogP contribution in [-0.2, 0) is 12.8 Å². The van der Waals surface area contributed by atoms with Gasteiger partial charge in [0.1, 0.15) is 0 Å². The van der Waals surface area contributed by atoms with E-state index in [1.54, 1.807) is 6.07 Å². The lowest BCUT2D eigenvalue weighted by atomic mass is 9.99. The van der Waals surface area contributed by atoms with Crippen molar-refractivity contribution in [3.05, 3.63) is 69.5 Å². The van der Waals surface area contributed by atoms with E-state index < -0.39 is 0 Å². The number of hydrogen-bond acceptors (Lipinski definition) is 3. The van der Waals surface area contributed by atoms with Gasteiger partial charge in [-0.1, -0.05) is 105 Å². The number of aryl methyl sites for hydroxylation is 2. The molecule has 0 spiro atoms. The van der Waals surface area contributed by atoms with Crippen LogP contribution in [0.1, 0.15) is 94.1 Å². The number of nitrogens with one attached hydrogen (secondary N) is 1. The lowest BCUT2D eigenvalue weighted by molar-refractivity contribution is 0.421. The van der Waals surface area contributed by atoms with Crippen molar-refractivity contribution in [3.63, 3.8) is 0 Å². The first-order valence-electron chi connectivity index (χ1n) is 12.6. The summed E-state index contributed by atoms with van der Waals surface area (Å²) in [6.45, 7) is 2.26. The quantitative estimate of drug-likeness (QED) is 0.195. The smallest absolute Gasteiger partial charge is 0.257 e. The standard InChI is InChI=1S/C28H36Cl2N3O/c1-2-3-4-5-6-7-8-9-10-11-27-32-28(34-33-27)23-16-14-22(15-17-23)26(31)19-13-21-12-18-24(29)25(30)20-21/h12,14-18,20,26,31H,2-11,13,19H2,1H3. The summed E-state index contributed by atoms with van der Waals surface area (Å²) in [6, 6.07) is 13.2. The van der Waals surface area contributed by atoms with Gasteiger partial charge in [-0.2, -0.15) is 4.98 Å². The Hall–Kier alpha value is -1.88. The number of hydrogen-bond donors (Lipinski definition) is 0. The Labute approximate surface area is 214 Å².